The molecule has 0 rings (SSSR count). The molecule has 0 aromatic heterocycles. The van der Waals surface area contributed by atoms with Crippen molar-refractivity contribution < 1.29 is 9.53 Å². The maximum atomic E-state index is 10.5. The zero-order chi connectivity index (χ0) is 7.28. The lowest BCUT2D eigenvalue weighted by Gasteiger charge is -2.02. The van der Waals surface area contributed by atoms with Gasteiger partial charge >= 0.3 is 5.97 Å². The van der Waals surface area contributed by atoms with Gasteiger partial charge in [0.05, 0.1) is 0 Å². The van der Waals surface area contributed by atoms with E-state index in [1.165, 1.54) is 6.08 Å². The molecule has 52 valence electrons. The van der Waals surface area contributed by atoms with Crippen LogP contribution in [-0.2, 0) is 9.53 Å². The molecule has 0 saturated carbocycles. The Hall–Kier alpha value is -0.830. The average molecular weight is 129 g/mol. The number of carbonyl (C=O) groups is 1. The van der Waals surface area contributed by atoms with Crippen LogP contribution >= 0.6 is 0 Å². The molecule has 0 heterocycles. The van der Waals surface area contributed by atoms with Crippen LogP contribution in [0.5, 0.6) is 0 Å². The predicted octanol–water partition coefficient (Wildman–Crippen LogP) is 0.0628. The number of ether oxygens (including phenoxy) is 1. The fourth-order valence-electron chi connectivity index (χ4n) is 0.273. The van der Waals surface area contributed by atoms with Crippen LogP contribution < -0.4 is 5.73 Å². The van der Waals surface area contributed by atoms with Gasteiger partial charge in [0.15, 0.2) is 0 Å². The van der Waals surface area contributed by atoms with Gasteiger partial charge in [0, 0.05) is 0 Å². The second-order valence-corrected chi connectivity index (χ2v) is 1.71. The van der Waals surface area contributed by atoms with Crippen LogP contribution in [0.2, 0.25) is 0 Å². The lowest BCUT2D eigenvalue weighted by Crippen LogP contribution is -2.28. The van der Waals surface area contributed by atoms with Gasteiger partial charge in [-0.15, -0.1) is 0 Å². The molecule has 3 nitrogen and oxygen atoms in total. The largest absolute Gasteiger partial charge is 0.460 e. The fourth-order valence-corrected chi connectivity index (χ4v) is 0.273. The molecule has 0 unspecified atom stereocenters. The molecule has 0 aliphatic rings. The average Bonchev–Trinajstić information content (AvgIpc) is 1.82. The van der Waals surface area contributed by atoms with Crippen molar-refractivity contribution in [3.8, 4) is 0 Å². The summed E-state index contributed by atoms with van der Waals surface area (Å²) in [5.41, 5.74) is 5.17. The van der Waals surface area contributed by atoms with E-state index in [-0.39, 0.29) is 6.61 Å². The van der Waals surface area contributed by atoms with E-state index < -0.39 is 12.0 Å². The van der Waals surface area contributed by atoms with Crippen molar-refractivity contribution in [2.75, 3.05) is 6.61 Å². The van der Waals surface area contributed by atoms with E-state index in [1.54, 1.807) is 6.92 Å². The lowest BCUT2D eigenvalue weighted by atomic mass is 10.4. The molecule has 0 aliphatic carbocycles. The minimum atomic E-state index is -0.537. The van der Waals surface area contributed by atoms with Crippen LogP contribution in [-0.4, -0.2) is 18.6 Å². The molecule has 0 amide bonds. The highest BCUT2D eigenvalue weighted by molar-refractivity contribution is 5.74. The highest BCUT2D eigenvalue weighted by atomic mass is 16.5. The molecule has 0 spiro atoms. The summed E-state index contributed by atoms with van der Waals surface area (Å²) in [6, 6.07) is -0.537. The standard InChI is InChI=1S/C6H11NO2/c1-3-4-9-6(8)5(2)7/h3,5H,1,4,7H2,2H3/t5-/m1/s1. The first kappa shape index (κ1) is 8.17. The first-order valence-electron chi connectivity index (χ1n) is 2.71. The summed E-state index contributed by atoms with van der Waals surface area (Å²) >= 11 is 0. The molecule has 2 N–H and O–H groups in total. The van der Waals surface area contributed by atoms with Crippen LogP contribution in [0.1, 0.15) is 6.92 Å². The number of rotatable bonds is 3. The zero-order valence-corrected chi connectivity index (χ0v) is 5.46. The molecular weight excluding hydrogens is 118 g/mol. The molecule has 0 saturated heterocycles. The molecule has 0 bridgehead atoms. The van der Waals surface area contributed by atoms with Crippen LogP contribution in [0.4, 0.5) is 0 Å². The lowest BCUT2D eigenvalue weighted by molar-refractivity contribution is -0.143. The second-order valence-electron chi connectivity index (χ2n) is 1.71. The van der Waals surface area contributed by atoms with Crippen molar-refractivity contribution in [1.29, 1.82) is 0 Å². The number of esters is 1. The number of carbonyl (C=O) groups excluding carboxylic acids is 1. The van der Waals surface area contributed by atoms with Crippen LogP contribution in [0.25, 0.3) is 0 Å². The molecular formula is C6H11NO2. The van der Waals surface area contributed by atoms with E-state index in [0.29, 0.717) is 0 Å². The monoisotopic (exact) mass is 129 g/mol. The summed E-state index contributed by atoms with van der Waals surface area (Å²) in [6.45, 7) is 5.19. The quantitative estimate of drug-likeness (QED) is 0.433. The van der Waals surface area contributed by atoms with Gasteiger partial charge in [-0.05, 0) is 6.92 Å². The van der Waals surface area contributed by atoms with Gasteiger partial charge in [0.2, 0.25) is 0 Å². The van der Waals surface area contributed by atoms with E-state index in [9.17, 15) is 4.79 Å². The summed E-state index contributed by atoms with van der Waals surface area (Å²) in [5, 5.41) is 0. The highest BCUT2D eigenvalue weighted by Gasteiger charge is 2.05. The molecule has 3 heteroatoms. The van der Waals surface area contributed by atoms with E-state index in [2.05, 4.69) is 11.3 Å². The van der Waals surface area contributed by atoms with Crippen molar-refractivity contribution in [3.63, 3.8) is 0 Å². The van der Waals surface area contributed by atoms with Crippen LogP contribution in [0, 0.1) is 0 Å². The Balaban J connectivity index is 3.38. The highest BCUT2D eigenvalue weighted by Crippen LogP contribution is 1.82. The SMILES string of the molecule is C=CCOC(=O)[C@@H](C)N. The Bertz CT molecular complexity index is 110. The van der Waals surface area contributed by atoms with E-state index >= 15 is 0 Å². The topological polar surface area (TPSA) is 52.3 Å². The van der Waals surface area contributed by atoms with E-state index in [1.807, 2.05) is 0 Å². The second kappa shape index (κ2) is 4.09. The predicted molar refractivity (Wildman–Crippen MR) is 34.8 cm³/mol. The zero-order valence-electron chi connectivity index (χ0n) is 5.46. The smallest absolute Gasteiger partial charge is 0.322 e. The van der Waals surface area contributed by atoms with Crippen molar-refractivity contribution in [2.45, 2.75) is 13.0 Å². The summed E-state index contributed by atoms with van der Waals surface area (Å²) < 4.78 is 4.57. The summed E-state index contributed by atoms with van der Waals surface area (Å²) in [7, 11) is 0. The maximum absolute atomic E-state index is 10.5. The number of hydrogen-bond donors (Lipinski definition) is 1. The molecule has 1 atom stereocenters. The number of nitrogens with two attached hydrogens (primary N) is 1. The van der Waals surface area contributed by atoms with E-state index in [4.69, 9.17) is 5.73 Å². The normalized spacial score (nSPS) is 12.2. The van der Waals surface area contributed by atoms with Gasteiger partial charge in [-0.2, -0.15) is 0 Å². The summed E-state index contributed by atoms with van der Waals surface area (Å²) in [4.78, 5) is 10.5. The van der Waals surface area contributed by atoms with Gasteiger partial charge in [0.25, 0.3) is 0 Å². The van der Waals surface area contributed by atoms with Crippen molar-refractivity contribution in [3.05, 3.63) is 12.7 Å². The third kappa shape index (κ3) is 3.73. The van der Waals surface area contributed by atoms with Crippen molar-refractivity contribution >= 4 is 5.97 Å². The molecule has 0 aliphatic heterocycles. The molecule has 0 aromatic rings. The Labute approximate surface area is 54.5 Å². The molecule has 0 fully saturated rings. The van der Waals surface area contributed by atoms with Gasteiger partial charge in [-0.3, -0.25) is 4.79 Å². The molecule has 0 radical (unpaired) electrons. The summed E-state index contributed by atoms with van der Waals surface area (Å²) in [5.74, 6) is -0.394. The number of hydrogen-bond acceptors (Lipinski definition) is 3. The molecule has 9 heavy (non-hydrogen) atoms. The van der Waals surface area contributed by atoms with E-state index in [0.717, 1.165) is 0 Å². The fraction of sp³-hybridized carbons (Fsp3) is 0.500. The Kier molecular flexibility index (Phi) is 3.71. The third-order valence-electron chi connectivity index (χ3n) is 0.715. The van der Waals surface area contributed by atoms with Gasteiger partial charge in [-0.25, -0.2) is 0 Å². The van der Waals surface area contributed by atoms with Crippen molar-refractivity contribution in [2.24, 2.45) is 5.73 Å². The van der Waals surface area contributed by atoms with Crippen molar-refractivity contribution in [1.82, 2.24) is 0 Å². The Morgan fingerprint density at radius 1 is 2.00 bits per heavy atom. The van der Waals surface area contributed by atoms with Crippen LogP contribution in [0.3, 0.4) is 0 Å². The Morgan fingerprint density at radius 2 is 2.56 bits per heavy atom. The minimum Gasteiger partial charge on any atom is -0.460 e. The first-order chi connectivity index (χ1) is 4.18. The van der Waals surface area contributed by atoms with Gasteiger partial charge in [0.1, 0.15) is 12.6 Å². The summed E-state index contributed by atoms with van der Waals surface area (Å²) in [6.07, 6.45) is 1.50. The van der Waals surface area contributed by atoms with Gasteiger partial charge in [-0.1, -0.05) is 12.7 Å². The van der Waals surface area contributed by atoms with Gasteiger partial charge < -0.3 is 10.5 Å². The van der Waals surface area contributed by atoms with Crippen LogP contribution in [0.15, 0.2) is 12.7 Å². The Morgan fingerprint density at radius 3 is 2.89 bits per heavy atom. The maximum Gasteiger partial charge on any atom is 0.322 e. The molecule has 0 aromatic carbocycles. The minimum absolute atomic E-state index is 0.236. The third-order valence-corrected chi connectivity index (χ3v) is 0.715. The first-order valence-corrected chi connectivity index (χ1v) is 2.71.